The predicted octanol–water partition coefficient (Wildman–Crippen LogP) is 2.13. The van der Waals surface area contributed by atoms with Gasteiger partial charge >= 0.3 is 0 Å². The van der Waals surface area contributed by atoms with Gasteiger partial charge in [0.15, 0.2) is 5.58 Å². The van der Waals surface area contributed by atoms with E-state index < -0.39 is 0 Å². The van der Waals surface area contributed by atoms with Gasteiger partial charge < -0.3 is 14.7 Å². The molecule has 8 nitrogen and oxygen atoms in total. The third-order valence-electron chi connectivity index (χ3n) is 5.28. The van der Waals surface area contributed by atoms with Crippen LogP contribution in [0.2, 0.25) is 0 Å². The maximum absolute atomic E-state index is 12.6. The van der Waals surface area contributed by atoms with Gasteiger partial charge in [-0.3, -0.25) is 14.3 Å². The molecule has 8 heteroatoms. The van der Waals surface area contributed by atoms with E-state index in [1.807, 2.05) is 36.4 Å². The third-order valence-corrected chi connectivity index (χ3v) is 5.28. The molecule has 0 unspecified atom stereocenters. The molecule has 4 heterocycles. The van der Waals surface area contributed by atoms with E-state index in [0.717, 1.165) is 35.3 Å². The van der Waals surface area contributed by atoms with Crippen LogP contribution in [0.15, 0.2) is 64.2 Å². The lowest BCUT2D eigenvalue weighted by Crippen LogP contribution is -2.48. The van der Waals surface area contributed by atoms with Crippen molar-refractivity contribution >= 4 is 16.9 Å². The molecule has 0 saturated carbocycles. The van der Waals surface area contributed by atoms with Gasteiger partial charge in [0.25, 0.3) is 5.56 Å². The van der Waals surface area contributed by atoms with E-state index in [-0.39, 0.29) is 11.6 Å². The number of benzene rings is 1. The van der Waals surface area contributed by atoms with Crippen molar-refractivity contribution in [1.82, 2.24) is 25.0 Å². The highest BCUT2D eigenvalue weighted by Crippen LogP contribution is 2.27. The van der Waals surface area contributed by atoms with Crippen molar-refractivity contribution in [2.24, 2.45) is 7.05 Å². The number of para-hydroxylation sites is 1. The Kier molecular flexibility index (Phi) is 4.33. The van der Waals surface area contributed by atoms with E-state index in [0.29, 0.717) is 18.2 Å². The molecule has 1 N–H and O–H groups in total. The minimum Gasteiger partial charge on any atom is -0.356 e. The van der Waals surface area contributed by atoms with Crippen molar-refractivity contribution < 1.29 is 4.52 Å². The van der Waals surface area contributed by atoms with Crippen molar-refractivity contribution in [3.05, 3.63) is 70.9 Å². The van der Waals surface area contributed by atoms with E-state index in [2.05, 4.69) is 20.4 Å². The second-order valence-electron chi connectivity index (χ2n) is 7.09. The number of pyridine rings is 1. The van der Waals surface area contributed by atoms with Crippen LogP contribution < -0.4 is 15.8 Å². The Morgan fingerprint density at radius 3 is 2.86 bits per heavy atom. The molecule has 146 valence electrons. The number of fused-ring (bicyclic) bond motifs is 1. The summed E-state index contributed by atoms with van der Waals surface area (Å²) in [6.07, 6.45) is 3.40. The minimum atomic E-state index is -0.0937. The first-order chi connectivity index (χ1) is 14.2. The van der Waals surface area contributed by atoms with E-state index in [1.54, 1.807) is 30.1 Å². The smallest absolute Gasteiger partial charge is 0.255 e. The first-order valence-electron chi connectivity index (χ1n) is 9.52. The van der Waals surface area contributed by atoms with Crippen molar-refractivity contribution in [2.75, 3.05) is 24.5 Å². The molecule has 4 aromatic rings. The van der Waals surface area contributed by atoms with Crippen molar-refractivity contribution in [1.29, 1.82) is 0 Å². The van der Waals surface area contributed by atoms with Crippen LogP contribution in [0.4, 0.5) is 5.95 Å². The normalized spacial score (nSPS) is 17.0. The molecule has 0 radical (unpaired) electrons. The molecular formula is C21H20N6O2. The third kappa shape index (κ3) is 3.17. The average molecular weight is 388 g/mol. The number of piperazine rings is 1. The van der Waals surface area contributed by atoms with E-state index >= 15 is 0 Å². The Morgan fingerprint density at radius 1 is 1.17 bits per heavy atom. The van der Waals surface area contributed by atoms with Gasteiger partial charge in [-0.25, -0.2) is 4.98 Å². The summed E-state index contributed by atoms with van der Waals surface area (Å²) in [7, 11) is 1.75. The molecule has 1 aromatic carbocycles. The molecule has 1 fully saturated rings. The minimum absolute atomic E-state index is 0.0196. The van der Waals surface area contributed by atoms with Gasteiger partial charge in [-0.1, -0.05) is 17.3 Å². The van der Waals surface area contributed by atoms with E-state index in [9.17, 15) is 4.79 Å². The average Bonchev–Trinajstić information content (AvgIpc) is 3.20. The van der Waals surface area contributed by atoms with Crippen LogP contribution >= 0.6 is 0 Å². The summed E-state index contributed by atoms with van der Waals surface area (Å²) in [5.41, 5.74) is 3.07. The topological polar surface area (TPSA) is 89.1 Å². The SMILES string of the molecule is Cn1c(N2CCN[C@H](c3noc4ccccc34)C2)nc(-c2ccncc2)cc1=O. The van der Waals surface area contributed by atoms with Gasteiger partial charge in [0, 0.05) is 56.1 Å². The highest BCUT2D eigenvalue weighted by Gasteiger charge is 2.27. The molecule has 3 aromatic heterocycles. The zero-order valence-corrected chi connectivity index (χ0v) is 15.9. The largest absolute Gasteiger partial charge is 0.356 e. The van der Waals surface area contributed by atoms with Gasteiger partial charge in [0.1, 0.15) is 5.69 Å². The maximum atomic E-state index is 12.6. The quantitative estimate of drug-likeness (QED) is 0.575. The molecular weight excluding hydrogens is 368 g/mol. The van der Waals surface area contributed by atoms with Gasteiger partial charge in [-0.15, -0.1) is 0 Å². The number of aromatic nitrogens is 4. The molecule has 29 heavy (non-hydrogen) atoms. The first-order valence-corrected chi connectivity index (χ1v) is 9.52. The van der Waals surface area contributed by atoms with Crippen LogP contribution in [0.3, 0.4) is 0 Å². The van der Waals surface area contributed by atoms with Gasteiger partial charge in [0.2, 0.25) is 5.95 Å². The van der Waals surface area contributed by atoms with E-state index in [1.165, 1.54) is 0 Å². The van der Waals surface area contributed by atoms with Crippen molar-refractivity contribution in [2.45, 2.75) is 6.04 Å². The summed E-state index contributed by atoms with van der Waals surface area (Å²) in [6.45, 7) is 2.13. The molecule has 1 atom stereocenters. The van der Waals surface area contributed by atoms with Gasteiger partial charge in [-0.05, 0) is 24.3 Å². The highest BCUT2D eigenvalue weighted by atomic mass is 16.5. The lowest BCUT2D eigenvalue weighted by Gasteiger charge is -2.34. The number of anilines is 1. The van der Waals surface area contributed by atoms with Crippen LogP contribution in [0.1, 0.15) is 11.7 Å². The summed E-state index contributed by atoms with van der Waals surface area (Å²) in [5.74, 6) is 0.642. The molecule has 0 aliphatic carbocycles. The summed E-state index contributed by atoms with van der Waals surface area (Å²) in [4.78, 5) is 23.6. The molecule has 0 amide bonds. The van der Waals surface area contributed by atoms with Crippen molar-refractivity contribution in [3.63, 3.8) is 0 Å². The standard InChI is InChI=1S/C21H20N6O2/c1-26-19(28)12-16(14-6-8-22-9-7-14)24-21(26)27-11-10-23-17(13-27)20-15-4-2-3-5-18(15)29-25-20/h2-9,12,17,23H,10-11,13H2,1H3/t17-/m0/s1. The van der Waals surface area contributed by atoms with Crippen molar-refractivity contribution in [3.8, 4) is 11.3 Å². The molecule has 1 aliphatic heterocycles. The fraction of sp³-hybridized carbons (Fsp3) is 0.238. The number of nitrogens with zero attached hydrogens (tertiary/aromatic N) is 5. The summed E-state index contributed by atoms with van der Waals surface area (Å²) in [6, 6.07) is 13.1. The van der Waals surface area contributed by atoms with Gasteiger partial charge in [0.05, 0.1) is 11.7 Å². The summed E-state index contributed by atoms with van der Waals surface area (Å²) < 4.78 is 7.07. The first kappa shape index (κ1) is 17.6. The zero-order valence-electron chi connectivity index (χ0n) is 15.9. The summed E-state index contributed by atoms with van der Waals surface area (Å²) in [5, 5.41) is 8.80. The second-order valence-corrected chi connectivity index (χ2v) is 7.09. The zero-order chi connectivity index (χ0) is 19.8. The summed E-state index contributed by atoms with van der Waals surface area (Å²) >= 11 is 0. The number of rotatable bonds is 3. The van der Waals surface area contributed by atoms with Crippen LogP contribution in [0.5, 0.6) is 0 Å². The number of nitrogens with one attached hydrogen (secondary N) is 1. The molecule has 5 rings (SSSR count). The van der Waals surface area contributed by atoms with Crippen LogP contribution in [0, 0.1) is 0 Å². The fourth-order valence-corrected chi connectivity index (χ4v) is 3.75. The molecule has 1 aliphatic rings. The monoisotopic (exact) mass is 388 g/mol. The Labute approximate surface area is 166 Å². The fourth-order valence-electron chi connectivity index (χ4n) is 3.75. The molecule has 0 spiro atoms. The highest BCUT2D eigenvalue weighted by molar-refractivity contribution is 5.79. The second kappa shape index (κ2) is 7.14. The molecule has 1 saturated heterocycles. The predicted molar refractivity (Wildman–Crippen MR) is 110 cm³/mol. The van der Waals surface area contributed by atoms with Crippen LogP contribution in [-0.4, -0.2) is 39.3 Å². The van der Waals surface area contributed by atoms with Gasteiger partial charge in [-0.2, -0.15) is 0 Å². The Hall–Kier alpha value is -3.52. The lowest BCUT2D eigenvalue weighted by atomic mass is 10.1. The Balaban J connectivity index is 1.51. The van der Waals surface area contributed by atoms with Crippen LogP contribution in [0.25, 0.3) is 22.2 Å². The molecule has 0 bridgehead atoms. The van der Waals surface area contributed by atoms with Crippen LogP contribution in [-0.2, 0) is 7.05 Å². The maximum Gasteiger partial charge on any atom is 0.255 e. The number of hydrogen-bond donors (Lipinski definition) is 1. The number of hydrogen-bond acceptors (Lipinski definition) is 7. The Bertz CT molecular complexity index is 1220. The lowest BCUT2D eigenvalue weighted by molar-refractivity contribution is 0.402. The van der Waals surface area contributed by atoms with E-state index in [4.69, 9.17) is 9.51 Å². The Morgan fingerprint density at radius 2 is 2.00 bits per heavy atom.